The van der Waals surface area contributed by atoms with Gasteiger partial charge < -0.3 is 0 Å². The Hall–Kier alpha value is 0.420. The van der Waals surface area contributed by atoms with Gasteiger partial charge in [-0.3, -0.25) is 3.71 Å². The molecule has 0 heterocycles. The van der Waals surface area contributed by atoms with Crippen molar-refractivity contribution in [1.29, 1.82) is 0 Å². The number of aryl methyl sites for hydroxylation is 1. The molecule has 0 fully saturated rings. The largest absolute Gasteiger partial charge is 0.263 e. The van der Waals surface area contributed by atoms with Crippen LogP contribution in [0.25, 0.3) is 0 Å². The second kappa shape index (κ2) is 4.09. The van der Waals surface area contributed by atoms with Crippen LogP contribution < -0.4 is 3.71 Å². The minimum atomic E-state index is 0.834. The highest BCUT2D eigenvalue weighted by Gasteiger charge is 2.05. The van der Waals surface area contributed by atoms with E-state index in [1.165, 1.54) is 3.71 Å². The third kappa shape index (κ3) is 2.22. The number of anilines is 1. The SMILES string of the molecule is Cc1cc(S)c(N(S)S)cc1S. The average molecular weight is 235 g/mol. The van der Waals surface area contributed by atoms with Gasteiger partial charge in [0.15, 0.2) is 0 Å². The van der Waals surface area contributed by atoms with Gasteiger partial charge >= 0.3 is 0 Å². The summed E-state index contributed by atoms with van der Waals surface area (Å²) in [6.07, 6.45) is 0. The first-order valence-corrected chi connectivity index (χ1v) is 4.92. The predicted molar refractivity (Wildman–Crippen MR) is 66.1 cm³/mol. The molecular formula is C7H9NS4. The van der Waals surface area contributed by atoms with Crippen LogP contribution in [0.1, 0.15) is 5.56 Å². The van der Waals surface area contributed by atoms with Crippen LogP contribution in [0.3, 0.4) is 0 Å². The first-order chi connectivity index (χ1) is 5.52. The Bertz CT molecular complexity index is 298. The van der Waals surface area contributed by atoms with Crippen molar-refractivity contribution in [3.63, 3.8) is 0 Å². The number of benzene rings is 1. The van der Waals surface area contributed by atoms with Crippen LogP contribution in [0.4, 0.5) is 5.69 Å². The summed E-state index contributed by atoms with van der Waals surface area (Å²) in [6.45, 7) is 1.98. The lowest BCUT2D eigenvalue weighted by Gasteiger charge is -2.13. The molecule has 0 saturated carbocycles. The first kappa shape index (κ1) is 10.5. The van der Waals surface area contributed by atoms with Crippen molar-refractivity contribution in [3.8, 4) is 0 Å². The van der Waals surface area contributed by atoms with Gasteiger partial charge in [0.25, 0.3) is 0 Å². The van der Waals surface area contributed by atoms with Crippen molar-refractivity contribution in [2.75, 3.05) is 3.71 Å². The summed E-state index contributed by atoms with van der Waals surface area (Å²) in [5, 5.41) is 0. The maximum absolute atomic E-state index is 4.28. The van der Waals surface area contributed by atoms with Crippen molar-refractivity contribution in [2.45, 2.75) is 16.7 Å². The quantitative estimate of drug-likeness (QED) is 0.544. The number of thiol groups is 4. The molecule has 0 N–H and O–H groups in total. The fourth-order valence-electron chi connectivity index (χ4n) is 0.830. The van der Waals surface area contributed by atoms with Gasteiger partial charge in [-0.1, -0.05) is 25.6 Å². The Morgan fingerprint density at radius 1 is 1.08 bits per heavy atom. The van der Waals surface area contributed by atoms with Crippen LogP contribution in [-0.2, 0) is 0 Å². The van der Waals surface area contributed by atoms with Gasteiger partial charge in [-0.2, -0.15) is 0 Å². The highest BCUT2D eigenvalue weighted by atomic mass is 32.2. The van der Waals surface area contributed by atoms with Crippen molar-refractivity contribution >= 4 is 56.6 Å². The zero-order chi connectivity index (χ0) is 9.30. The van der Waals surface area contributed by atoms with E-state index in [0.29, 0.717) is 0 Å². The fourth-order valence-corrected chi connectivity index (χ4v) is 1.86. The zero-order valence-electron chi connectivity index (χ0n) is 6.39. The maximum Gasteiger partial charge on any atom is 0.0733 e. The Kier molecular flexibility index (Phi) is 3.58. The molecule has 0 bridgehead atoms. The summed E-state index contributed by atoms with van der Waals surface area (Å²) in [6, 6.07) is 3.81. The van der Waals surface area contributed by atoms with Crippen molar-refractivity contribution in [3.05, 3.63) is 17.7 Å². The summed E-state index contributed by atoms with van der Waals surface area (Å²) >= 11 is 16.7. The molecule has 0 amide bonds. The molecule has 1 rings (SSSR count). The smallest absolute Gasteiger partial charge is 0.0733 e. The lowest BCUT2D eigenvalue weighted by Crippen LogP contribution is -1.94. The molecule has 66 valence electrons. The molecule has 0 aliphatic heterocycles. The maximum atomic E-state index is 4.28. The molecule has 0 spiro atoms. The van der Waals surface area contributed by atoms with E-state index in [9.17, 15) is 0 Å². The van der Waals surface area contributed by atoms with E-state index in [1.54, 1.807) is 0 Å². The summed E-state index contributed by atoms with van der Waals surface area (Å²) in [5.74, 6) is 0. The Morgan fingerprint density at radius 3 is 2.17 bits per heavy atom. The van der Waals surface area contributed by atoms with E-state index in [2.05, 4.69) is 50.9 Å². The Morgan fingerprint density at radius 2 is 1.67 bits per heavy atom. The second-order valence-electron chi connectivity index (χ2n) is 2.42. The molecule has 12 heavy (non-hydrogen) atoms. The highest BCUT2D eigenvalue weighted by Crippen LogP contribution is 2.31. The van der Waals surface area contributed by atoms with Gasteiger partial charge in [0.2, 0.25) is 0 Å². The van der Waals surface area contributed by atoms with Gasteiger partial charge in [0.05, 0.1) is 5.69 Å². The monoisotopic (exact) mass is 235 g/mol. The van der Waals surface area contributed by atoms with Gasteiger partial charge in [0, 0.05) is 9.79 Å². The molecule has 0 atom stereocenters. The molecule has 0 aromatic heterocycles. The summed E-state index contributed by atoms with van der Waals surface area (Å²) in [5.41, 5.74) is 1.93. The van der Waals surface area contributed by atoms with Crippen LogP contribution in [0.5, 0.6) is 0 Å². The van der Waals surface area contributed by atoms with E-state index in [1.807, 2.05) is 19.1 Å². The first-order valence-electron chi connectivity index (χ1n) is 3.23. The molecule has 0 unspecified atom stereocenters. The number of hydrogen-bond donors (Lipinski definition) is 4. The number of nitrogens with zero attached hydrogens (tertiary/aromatic N) is 1. The lowest BCUT2D eigenvalue weighted by atomic mass is 10.2. The van der Waals surface area contributed by atoms with E-state index in [4.69, 9.17) is 0 Å². The van der Waals surface area contributed by atoms with E-state index in [0.717, 1.165) is 21.0 Å². The molecule has 1 aromatic rings. The summed E-state index contributed by atoms with van der Waals surface area (Å²) in [7, 11) is 0. The van der Waals surface area contributed by atoms with Crippen molar-refractivity contribution < 1.29 is 0 Å². The summed E-state index contributed by atoms with van der Waals surface area (Å²) in [4.78, 5) is 1.76. The average Bonchev–Trinajstić information content (AvgIpc) is 1.96. The van der Waals surface area contributed by atoms with E-state index in [-0.39, 0.29) is 0 Å². The molecule has 0 radical (unpaired) electrons. The van der Waals surface area contributed by atoms with Gasteiger partial charge in [-0.25, -0.2) is 0 Å². The van der Waals surface area contributed by atoms with Gasteiger partial charge in [-0.15, -0.1) is 25.3 Å². The highest BCUT2D eigenvalue weighted by molar-refractivity contribution is 8.00. The van der Waals surface area contributed by atoms with E-state index >= 15 is 0 Å². The van der Waals surface area contributed by atoms with E-state index < -0.39 is 0 Å². The van der Waals surface area contributed by atoms with Gasteiger partial charge in [-0.05, 0) is 24.6 Å². The fraction of sp³-hybridized carbons (Fsp3) is 0.143. The third-order valence-corrected chi connectivity index (χ3v) is 2.78. The predicted octanol–water partition coefficient (Wildman–Crippen LogP) is 3.07. The van der Waals surface area contributed by atoms with Crippen LogP contribution >= 0.6 is 50.9 Å². The normalized spacial score (nSPS) is 10.1. The molecular weight excluding hydrogens is 226 g/mol. The number of rotatable bonds is 1. The Balaban J connectivity index is 3.23. The van der Waals surface area contributed by atoms with Crippen LogP contribution in [-0.4, -0.2) is 0 Å². The Labute approximate surface area is 94.4 Å². The molecule has 1 aromatic carbocycles. The molecule has 0 saturated heterocycles. The molecule has 0 aliphatic carbocycles. The van der Waals surface area contributed by atoms with Crippen molar-refractivity contribution in [2.24, 2.45) is 0 Å². The topological polar surface area (TPSA) is 3.24 Å². The van der Waals surface area contributed by atoms with Crippen LogP contribution in [0, 0.1) is 6.92 Å². The second-order valence-corrected chi connectivity index (χ2v) is 4.50. The van der Waals surface area contributed by atoms with Crippen LogP contribution in [0.2, 0.25) is 0 Å². The summed E-state index contributed by atoms with van der Waals surface area (Å²) < 4.78 is 1.42. The minimum Gasteiger partial charge on any atom is -0.263 e. The minimum absolute atomic E-state index is 0.834. The molecule has 0 aliphatic rings. The molecule has 1 nitrogen and oxygen atoms in total. The lowest BCUT2D eigenvalue weighted by molar-refractivity contribution is 1.25. The van der Waals surface area contributed by atoms with Crippen molar-refractivity contribution in [1.82, 2.24) is 0 Å². The van der Waals surface area contributed by atoms with Gasteiger partial charge in [0.1, 0.15) is 0 Å². The third-order valence-electron chi connectivity index (χ3n) is 1.51. The standard InChI is InChI=1S/C7H9NS4/c1-4-2-7(10)5(8(11)12)3-6(4)9/h2-3,9-12H,1H3. The number of hydrogen-bond acceptors (Lipinski definition) is 5. The molecule has 5 heteroatoms. The zero-order valence-corrected chi connectivity index (χ0v) is 9.97. The van der Waals surface area contributed by atoms with Crippen LogP contribution in [0.15, 0.2) is 21.9 Å².